The summed E-state index contributed by atoms with van der Waals surface area (Å²) in [6, 6.07) is 22.9. The average molecular weight is 431 g/mol. The van der Waals surface area contributed by atoms with Gasteiger partial charge in [-0.05, 0) is 48.0 Å². The van der Waals surface area contributed by atoms with E-state index in [-0.39, 0.29) is 25.7 Å². The highest BCUT2D eigenvalue weighted by atomic mass is 16.5. The summed E-state index contributed by atoms with van der Waals surface area (Å²) < 4.78 is 13.4. The van der Waals surface area contributed by atoms with Gasteiger partial charge in [-0.15, -0.1) is 0 Å². The molecule has 0 bridgehead atoms. The molecule has 0 saturated heterocycles. The molecule has 0 radical (unpaired) electrons. The van der Waals surface area contributed by atoms with Crippen LogP contribution in [0.1, 0.15) is 21.7 Å². The predicted octanol–water partition coefficient (Wildman–Crippen LogP) is 3.39. The van der Waals surface area contributed by atoms with Crippen LogP contribution in [0, 0.1) is 0 Å². The molecule has 7 nitrogen and oxygen atoms in total. The molecule has 0 atom stereocenters. The van der Waals surface area contributed by atoms with Gasteiger partial charge in [-0.1, -0.05) is 30.3 Å². The van der Waals surface area contributed by atoms with Crippen LogP contribution in [0.4, 0.5) is 0 Å². The normalized spacial score (nSPS) is 10.8. The SMILES string of the molecule is COc1cccc(Cn2c(COc3ccccc3)nc3cc(C(=O)NCCO)ccc32)c1. The molecular formula is C25H25N3O4. The zero-order chi connectivity index (χ0) is 22.3. The summed E-state index contributed by atoms with van der Waals surface area (Å²) in [7, 11) is 1.65. The van der Waals surface area contributed by atoms with Crippen molar-refractivity contribution in [2.45, 2.75) is 13.2 Å². The minimum Gasteiger partial charge on any atom is -0.497 e. The fourth-order valence-electron chi connectivity index (χ4n) is 3.50. The summed E-state index contributed by atoms with van der Waals surface area (Å²) >= 11 is 0. The Bertz CT molecular complexity index is 1200. The number of carbonyl (C=O) groups excluding carboxylic acids is 1. The number of nitrogens with zero attached hydrogens (tertiary/aromatic N) is 2. The van der Waals surface area contributed by atoms with E-state index in [1.165, 1.54) is 0 Å². The Kier molecular flexibility index (Phi) is 6.67. The molecule has 1 amide bonds. The summed E-state index contributed by atoms with van der Waals surface area (Å²) in [6.07, 6.45) is 0. The van der Waals surface area contributed by atoms with Gasteiger partial charge in [0.25, 0.3) is 5.91 Å². The van der Waals surface area contributed by atoms with E-state index in [1.807, 2.05) is 60.7 Å². The van der Waals surface area contributed by atoms with Gasteiger partial charge >= 0.3 is 0 Å². The van der Waals surface area contributed by atoms with Crippen molar-refractivity contribution in [3.8, 4) is 11.5 Å². The van der Waals surface area contributed by atoms with Crippen molar-refractivity contribution in [1.29, 1.82) is 0 Å². The lowest BCUT2D eigenvalue weighted by Crippen LogP contribution is -2.26. The average Bonchev–Trinajstić information content (AvgIpc) is 3.18. The van der Waals surface area contributed by atoms with Gasteiger partial charge in [0.1, 0.15) is 23.9 Å². The van der Waals surface area contributed by atoms with Gasteiger partial charge in [0.05, 0.1) is 24.8 Å². The Hall–Kier alpha value is -3.84. The second-order valence-corrected chi connectivity index (χ2v) is 7.25. The third kappa shape index (κ3) is 4.90. The molecule has 4 aromatic rings. The molecule has 1 heterocycles. The van der Waals surface area contributed by atoms with Crippen molar-refractivity contribution in [2.75, 3.05) is 20.3 Å². The van der Waals surface area contributed by atoms with Crippen LogP contribution in [0.25, 0.3) is 11.0 Å². The predicted molar refractivity (Wildman–Crippen MR) is 122 cm³/mol. The molecule has 32 heavy (non-hydrogen) atoms. The summed E-state index contributed by atoms with van der Waals surface area (Å²) in [5, 5.41) is 11.6. The zero-order valence-corrected chi connectivity index (χ0v) is 17.8. The number of aromatic nitrogens is 2. The van der Waals surface area contributed by atoms with E-state index in [2.05, 4.69) is 9.88 Å². The third-order valence-electron chi connectivity index (χ3n) is 5.07. The highest BCUT2D eigenvalue weighted by molar-refractivity contribution is 5.97. The first kappa shape index (κ1) is 21.4. The van der Waals surface area contributed by atoms with Gasteiger partial charge in [-0.3, -0.25) is 4.79 Å². The molecule has 0 aliphatic rings. The molecule has 0 aliphatic carbocycles. The van der Waals surface area contributed by atoms with Gasteiger partial charge in [0.15, 0.2) is 0 Å². The van der Waals surface area contributed by atoms with Crippen LogP contribution in [0.3, 0.4) is 0 Å². The highest BCUT2D eigenvalue weighted by Gasteiger charge is 2.15. The number of rotatable bonds is 9. The number of aliphatic hydroxyl groups is 1. The molecule has 3 aromatic carbocycles. The first-order valence-corrected chi connectivity index (χ1v) is 10.4. The van der Waals surface area contributed by atoms with Crippen LogP contribution in [-0.4, -0.2) is 40.8 Å². The van der Waals surface area contributed by atoms with E-state index in [0.29, 0.717) is 17.6 Å². The Morgan fingerprint density at radius 2 is 1.84 bits per heavy atom. The van der Waals surface area contributed by atoms with E-state index in [1.54, 1.807) is 19.2 Å². The number of nitrogens with one attached hydrogen (secondary N) is 1. The van der Waals surface area contributed by atoms with Crippen LogP contribution >= 0.6 is 0 Å². The molecule has 164 valence electrons. The standard InChI is InChI=1S/C25H25N3O4/c1-31-21-9-5-6-18(14-21)16-28-23-11-10-19(25(30)26-12-13-29)15-22(23)27-24(28)17-32-20-7-3-2-4-8-20/h2-11,14-15,29H,12-13,16-17H2,1H3,(H,26,30). The second kappa shape index (κ2) is 9.98. The molecule has 0 saturated carbocycles. The lowest BCUT2D eigenvalue weighted by atomic mass is 10.1. The smallest absolute Gasteiger partial charge is 0.251 e. The monoisotopic (exact) mass is 431 g/mol. The van der Waals surface area contributed by atoms with Crippen molar-refractivity contribution >= 4 is 16.9 Å². The number of para-hydroxylation sites is 1. The maximum atomic E-state index is 12.3. The lowest BCUT2D eigenvalue weighted by molar-refractivity contribution is 0.0945. The number of benzene rings is 3. The van der Waals surface area contributed by atoms with Gasteiger partial charge in [-0.2, -0.15) is 0 Å². The molecule has 0 spiro atoms. The molecule has 7 heteroatoms. The number of methoxy groups -OCH3 is 1. The molecule has 4 rings (SSSR count). The van der Waals surface area contributed by atoms with Gasteiger partial charge < -0.3 is 24.5 Å². The summed E-state index contributed by atoms with van der Waals surface area (Å²) in [5.74, 6) is 2.05. The zero-order valence-electron chi connectivity index (χ0n) is 17.8. The lowest BCUT2D eigenvalue weighted by Gasteiger charge is -2.12. The minimum absolute atomic E-state index is 0.107. The number of hydrogen-bond acceptors (Lipinski definition) is 5. The maximum Gasteiger partial charge on any atom is 0.251 e. The number of fused-ring (bicyclic) bond motifs is 1. The third-order valence-corrected chi connectivity index (χ3v) is 5.07. The molecular weight excluding hydrogens is 406 g/mol. The fraction of sp³-hybridized carbons (Fsp3) is 0.200. The van der Waals surface area contributed by atoms with Crippen molar-refractivity contribution in [3.05, 3.63) is 89.7 Å². The van der Waals surface area contributed by atoms with Crippen LogP contribution in [-0.2, 0) is 13.2 Å². The number of aliphatic hydroxyl groups excluding tert-OH is 1. The van der Waals surface area contributed by atoms with Crippen LogP contribution < -0.4 is 14.8 Å². The molecule has 0 fully saturated rings. The van der Waals surface area contributed by atoms with Gasteiger partial charge in [0.2, 0.25) is 0 Å². The van der Waals surface area contributed by atoms with Crippen molar-refractivity contribution in [1.82, 2.24) is 14.9 Å². The van der Waals surface area contributed by atoms with E-state index in [4.69, 9.17) is 19.6 Å². The number of ether oxygens (including phenoxy) is 2. The maximum absolute atomic E-state index is 12.3. The van der Waals surface area contributed by atoms with Crippen molar-refractivity contribution < 1.29 is 19.4 Å². The molecule has 0 aliphatic heterocycles. The fourth-order valence-corrected chi connectivity index (χ4v) is 3.50. The first-order valence-electron chi connectivity index (χ1n) is 10.4. The van der Waals surface area contributed by atoms with Gasteiger partial charge in [-0.25, -0.2) is 4.98 Å². The summed E-state index contributed by atoms with van der Waals surface area (Å²) in [5.41, 5.74) is 3.16. The minimum atomic E-state index is -0.245. The Morgan fingerprint density at radius 1 is 1.03 bits per heavy atom. The topological polar surface area (TPSA) is 85.6 Å². The number of hydrogen-bond donors (Lipinski definition) is 2. The van der Waals surface area contributed by atoms with E-state index < -0.39 is 0 Å². The second-order valence-electron chi connectivity index (χ2n) is 7.25. The number of carbonyl (C=O) groups is 1. The van der Waals surface area contributed by atoms with E-state index in [0.717, 1.165) is 28.4 Å². The Morgan fingerprint density at radius 3 is 2.62 bits per heavy atom. The van der Waals surface area contributed by atoms with Crippen LogP contribution in [0.5, 0.6) is 11.5 Å². The number of amides is 1. The van der Waals surface area contributed by atoms with E-state index >= 15 is 0 Å². The Labute approximate surface area is 186 Å². The first-order chi connectivity index (χ1) is 15.7. The van der Waals surface area contributed by atoms with E-state index in [9.17, 15) is 4.79 Å². The summed E-state index contributed by atoms with van der Waals surface area (Å²) in [6.45, 7) is 0.966. The quantitative estimate of drug-likeness (QED) is 0.424. The summed E-state index contributed by atoms with van der Waals surface area (Å²) in [4.78, 5) is 17.1. The van der Waals surface area contributed by atoms with Gasteiger partial charge in [0, 0.05) is 18.7 Å². The molecule has 1 aromatic heterocycles. The van der Waals surface area contributed by atoms with Crippen molar-refractivity contribution in [2.24, 2.45) is 0 Å². The molecule has 0 unspecified atom stereocenters. The van der Waals surface area contributed by atoms with Crippen LogP contribution in [0.15, 0.2) is 72.8 Å². The number of imidazole rings is 1. The highest BCUT2D eigenvalue weighted by Crippen LogP contribution is 2.23. The molecule has 2 N–H and O–H groups in total. The largest absolute Gasteiger partial charge is 0.497 e. The van der Waals surface area contributed by atoms with Crippen LogP contribution in [0.2, 0.25) is 0 Å². The van der Waals surface area contributed by atoms with Crippen molar-refractivity contribution in [3.63, 3.8) is 0 Å². The Balaban J connectivity index is 1.68.